The van der Waals surface area contributed by atoms with E-state index in [9.17, 15) is 0 Å². The van der Waals surface area contributed by atoms with E-state index in [2.05, 4.69) is 42.9 Å². The van der Waals surface area contributed by atoms with Gasteiger partial charge in [0, 0.05) is 31.4 Å². The van der Waals surface area contributed by atoms with E-state index in [0.717, 1.165) is 36.8 Å². The van der Waals surface area contributed by atoms with Gasteiger partial charge in [-0.25, -0.2) is 0 Å². The third-order valence-electron chi connectivity index (χ3n) is 4.33. The van der Waals surface area contributed by atoms with Gasteiger partial charge in [0.1, 0.15) is 0 Å². The molecule has 0 radical (unpaired) electrons. The fraction of sp³-hybridized carbons (Fsp3) is 0.471. The van der Waals surface area contributed by atoms with Crippen molar-refractivity contribution in [2.24, 2.45) is 7.05 Å². The van der Waals surface area contributed by atoms with Gasteiger partial charge in [-0.1, -0.05) is 13.0 Å². The van der Waals surface area contributed by atoms with Crippen molar-refractivity contribution in [2.45, 2.75) is 33.9 Å². The molecule has 2 aromatic rings. The summed E-state index contributed by atoms with van der Waals surface area (Å²) in [7, 11) is 2.00. The average Bonchev–Trinajstić information content (AvgIpc) is 3.06. The maximum Gasteiger partial charge on any atom is 0.231 e. The molecule has 0 bridgehead atoms. The lowest BCUT2D eigenvalue weighted by Gasteiger charge is -2.21. The number of nitrogens with zero attached hydrogens (tertiary/aromatic N) is 3. The second-order valence-corrected chi connectivity index (χ2v) is 5.76. The van der Waals surface area contributed by atoms with Gasteiger partial charge < -0.3 is 9.47 Å². The van der Waals surface area contributed by atoms with Crippen LogP contribution in [-0.4, -0.2) is 28.0 Å². The minimum absolute atomic E-state index is 0.324. The van der Waals surface area contributed by atoms with Crippen molar-refractivity contribution in [3.8, 4) is 11.5 Å². The second-order valence-electron chi connectivity index (χ2n) is 5.76. The van der Waals surface area contributed by atoms with Crippen LogP contribution in [0.25, 0.3) is 0 Å². The van der Waals surface area contributed by atoms with E-state index in [1.165, 1.54) is 16.8 Å². The van der Waals surface area contributed by atoms with E-state index in [-0.39, 0.29) is 0 Å². The van der Waals surface area contributed by atoms with Crippen molar-refractivity contribution in [3.63, 3.8) is 0 Å². The molecule has 0 aliphatic carbocycles. The molecule has 0 saturated carbocycles. The summed E-state index contributed by atoms with van der Waals surface area (Å²) >= 11 is 0. The number of hydrogen-bond donors (Lipinski definition) is 0. The molecule has 22 heavy (non-hydrogen) atoms. The van der Waals surface area contributed by atoms with Crippen LogP contribution >= 0.6 is 0 Å². The van der Waals surface area contributed by atoms with Gasteiger partial charge >= 0.3 is 0 Å². The summed E-state index contributed by atoms with van der Waals surface area (Å²) in [4.78, 5) is 2.41. The smallest absolute Gasteiger partial charge is 0.231 e. The SMILES string of the molecule is CCN(Cc1ccc2c(c1)OCO2)Cc1c(C)nn(C)c1C. The van der Waals surface area contributed by atoms with Crippen molar-refractivity contribution in [2.75, 3.05) is 13.3 Å². The molecule has 1 aromatic heterocycles. The lowest BCUT2D eigenvalue weighted by molar-refractivity contribution is 0.174. The molecule has 3 rings (SSSR count). The summed E-state index contributed by atoms with van der Waals surface area (Å²) in [5, 5.41) is 4.51. The molecular weight excluding hydrogens is 278 g/mol. The van der Waals surface area contributed by atoms with Gasteiger partial charge in [0.2, 0.25) is 6.79 Å². The molecule has 5 nitrogen and oxygen atoms in total. The van der Waals surface area contributed by atoms with Crippen LogP contribution in [0.3, 0.4) is 0 Å². The monoisotopic (exact) mass is 301 g/mol. The third kappa shape index (κ3) is 2.81. The van der Waals surface area contributed by atoms with Gasteiger partial charge in [-0.15, -0.1) is 0 Å². The van der Waals surface area contributed by atoms with Crippen molar-refractivity contribution >= 4 is 0 Å². The summed E-state index contributed by atoms with van der Waals surface area (Å²) in [6, 6.07) is 6.18. The van der Waals surface area contributed by atoms with Gasteiger partial charge in [0.15, 0.2) is 11.5 Å². The molecule has 1 aliphatic heterocycles. The van der Waals surface area contributed by atoms with Gasteiger partial charge in [0.25, 0.3) is 0 Å². The Bertz CT molecular complexity index is 679. The zero-order valence-electron chi connectivity index (χ0n) is 13.7. The maximum absolute atomic E-state index is 5.46. The molecule has 0 unspecified atom stereocenters. The Labute approximate surface area is 131 Å². The number of fused-ring (bicyclic) bond motifs is 1. The maximum atomic E-state index is 5.46. The summed E-state index contributed by atoms with van der Waals surface area (Å²) in [5.74, 6) is 1.69. The number of hydrogen-bond acceptors (Lipinski definition) is 4. The van der Waals surface area contributed by atoms with Crippen LogP contribution in [0.4, 0.5) is 0 Å². The molecule has 1 aromatic carbocycles. The molecule has 0 atom stereocenters. The average molecular weight is 301 g/mol. The predicted octanol–water partition coefficient (Wildman–Crippen LogP) is 2.79. The minimum atomic E-state index is 0.324. The van der Waals surface area contributed by atoms with Crippen LogP contribution in [-0.2, 0) is 20.1 Å². The molecule has 0 fully saturated rings. The van der Waals surface area contributed by atoms with E-state index in [1.807, 2.05) is 17.8 Å². The number of aryl methyl sites for hydroxylation is 2. The van der Waals surface area contributed by atoms with E-state index < -0.39 is 0 Å². The normalized spacial score (nSPS) is 13.1. The van der Waals surface area contributed by atoms with Crippen LogP contribution in [0.1, 0.15) is 29.4 Å². The molecule has 5 heteroatoms. The largest absolute Gasteiger partial charge is 0.454 e. The highest BCUT2D eigenvalue weighted by atomic mass is 16.7. The topological polar surface area (TPSA) is 39.5 Å². The Morgan fingerprint density at radius 2 is 1.95 bits per heavy atom. The standard InChI is InChI=1S/C17H23N3O2/c1-5-20(10-15-12(2)18-19(4)13(15)3)9-14-6-7-16-17(8-14)22-11-21-16/h6-8H,5,9-11H2,1-4H3. The molecule has 0 N–H and O–H groups in total. The van der Waals surface area contributed by atoms with E-state index in [4.69, 9.17) is 9.47 Å². The number of benzene rings is 1. The molecule has 118 valence electrons. The predicted molar refractivity (Wildman–Crippen MR) is 85.0 cm³/mol. The Hall–Kier alpha value is -2.01. The van der Waals surface area contributed by atoms with Crippen LogP contribution in [0.15, 0.2) is 18.2 Å². The number of ether oxygens (including phenoxy) is 2. The zero-order chi connectivity index (χ0) is 15.7. The van der Waals surface area contributed by atoms with Crippen molar-refractivity contribution in [1.82, 2.24) is 14.7 Å². The van der Waals surface area contributed by atoms with Gasteiger partial charge in [-0.3, -0.25) is 9.58 Å². The minimum Gasteiger partial charge on any atom is -0.454 e. The van der Waals surface area contributed by atoms with Crippen LogP contribution < -0.4 is 9.47 Å². The quantitative estimate of drug-likeness (QED) is 0.851. The molecule has 2 heterocycles. The number of aromatic nitrogens is 2. The van der Waals surface area contributed by atoms with E-state index in [1.54, 1.807) is 0 Å². The fourth-order valence-electron chi connectivity index (χ4n) is 2.85. The van der Waals surface area contributed by atoms with E-state index >= 15 is 0 Å². The first-order valence-corrected chi connectivity index (χ1v) is 7.68. The third-order valence-corrected chi connectivity index (χ3v) is 4.33. The van der Waals surface area contributed by atoms with E-state index in [0.29, 0.717) is 6.79 Å². The molecular formula is C17H23N3O2. The van der Waals surface area contributed by atoms with Gasteiger partial charge in [-0.2, -0.15) is 5.10 Å². The van der Waals surface area contributed by atoms with Crippen LogP contribution in [0.5, 0.6) is 11.5 Å². The Morgan fingerprint density at radius 3 is 2.64 bits per heavy atom. The van der Waals surface area contributed by atoms with Gasteiger partial charge in [-0.05, 0) is 38.1 Å². The summed E-state index contributed by atoms with van der Waals surface area (Å²) in [6.07, 6.45) is 0. The summed E-state index contributed by atoms with van der Waals surface area (Å²) in [6.45, 7) is 9.51. The molecule has 0 saturated heterocycles. The van der Waals surface area contributed by atoms with Crippen molar-refractivity contribution < 1.29 is 9.47 Å². The zero-order valence-corrected chi connectivity index (χ0v) is 13.7. The van der Waals surface area contributed by atoms with Crippen LogP contribution in [0.2, 0.25) is 0 Å². The first-order valence-electron chi connectivity index (χ1n) is 7.68. The molecule has 1 aliphatic rings. The summed E-state index contributed by atoms with van der Waals surface area (Å²) in [5.41, 5.74) is 4.92. The second kappa shape index (κ2) is 6.01. The molecule has 0 spiro atoms. The lowest BCUT2D eigenvalue weighted by Crippen LogP contribution is -2.23. The first-order chi connectivity index (χ1) is 10.6. The summed E-state index contributed by atoms with van der Waals surface area (Å²) < 4.78 is 12.8. The highest BCUT2D eigenvalue weighted by Crippen LogP contribution is 2.33. The first kappa shape index (κ1) is 14.9. The van der Waals surface area contributed by atoms with Crippen molar-refractivity contribution in [3.05, 3.63) is 40.7 Å². The highest BCUT2D eigenvalue weighted by molar-refractivity contribution is 5.44. The highest BCUT2D eigenvalue weighted by Gasteiger charge is 2.16. The van der Waals surface area contributed by atoms with Crippen LogP contribution in [0, 0.1) is 13.8 Å². The lowest BCUT2D eigenvalue weighted by atomic mass is 10.1. The van der Waals surface area contributed by atoms with Crippen molar-refractivity contribution in [1.29, 1.82) is 0 Å². The molecule has 0 amide bonds. The van der Waals surface area contributed by atoms with Gasteiger partial charge in [0.05, 0.1) is 5.69 Å². The number of rotatable bonds is 5. The Balaban J connectivity index is 1.74. The Kier molecular flexibility index (Phi) is 4.07. The fourth-order valence-corrected chi connectivity index (χ4v) is 2.85. The Morgan fingerprint density at radius 1 is 1.18 bits per heavy atom.